The van der Waals surface area contributed by atoms with E-state index in [1.54, 1.807) is 0 Å². The average molecular weight is 255 g/mol. The summed E-state index contributed by atoms with van der Waals surface area (Å²) < 4.78 is 0. The summed E-state index contributed by atoms with van der Waals surface area (Å²) in [6, 6.07) is -0.151. The van der Waals surface area contributed by atoms with Crippen molar-refractivity contribution in [3.8, 4) is 0 Å². The fourth-order valence-electron chi connectivity index (χ4n) is 1.49. The first-order valence-electron chi connectivity index (χ1n) is 5.34. The van der Waals surface area contributed by atoms with Crippen LogP contribution in [0.4, 0.5) is 5.13 Å². The molecule has 8 heteroatoms. The van der Waals surface area contributed by atoms with Gasteiger partial charge in [0.1, 0.15) is 0 Å². The van der Waals surface area contributed by atoms with Crippen LogP contribution in [0, 0.1) is 0 Å². The molecule has 2 heterocycles. The van der Waals surface area contributed by atoms with E-state index in [1.165, 1.54) is 11.3 Å². The molecule has 17 heavy (non-hydrogen) atoms. The molecule has 2 amide bonds. The van der Waals surface area contributed by atoms with Crippen molar-refractivity contribution in [2.24, 2.45) is 0 Å². The number of hydrogen-bond acceptors (Lipinski definition) is 6. The predicted octanol–water partition coefficient (Wildman–Crippen LogP) is -0.412. The average Bonchev–Trinajstić information content (AvgIpc) is 2.88. The summed E-state index contributed by atoms with van der Waals surface area (Å²) in [5, 5.41) is 16.9. The van der Waals surface area contributed by atoms with Crippen molar-refractivity contribution < 1.29 is 9.59 Å². The Bertz CT molecular complexity index is 433. The normalized spacial score (nSPS) is 18.9. The first-order valence-corrected chi connectivity index (χ1v) is 6.15. The smallest absolute Gasteiger partial charge is 0.282 e. The minimum absolute atomic E-state index is 0.0408. The van der Waals surface area contributed by atoms with Crippen LogP contribution in [0.3, 0.4) is 0 Å². The largest absolute Gasteiger partial charge is 0.360 e. The Morgan fingerprint density at radius 2 is 2.41 bits per heavy atom. The molecule has 0 spiro atoms. The number of aromatic nitrogens is 2. The van der Waals surface area contributed by atoms with E-state index in [-0.39, 0.29) is 17.9 Å². The molecule has 7 nitrogen and oxygen atoms in total. The van der Waals surface area contributed by atoms with Gasteiger partial charge < -0.3 is 16.0 Å². The van der Waals surface area contributed by atoms with Gasteiger partial charge in [-0.05, 0) is 6.92 Å². The first-order chi connectivity index (χ1) is 8.19. The second kappa shape index (κ2) is 5.09. The van der Waals surface area contributed by atoms with Gasteiger partial charge in [0.2, 0.25) is 16.0 Å². The highest BCUT2D eigenvalue weighted by atomic mass is 32.1. The highest BCUT2D eigenvalue weighted by molar-refractivity contribution is 7.17. The molecular formula is C9H13N5O2S. The maximum absolute atomic E-state index is 11.8. The molecule has 1 aliphatic heterocycles. The minimum Gasteiger partial charge on any atom is -0.360 e. The van der Waals surface area contributed by atoms with Crippen LogP contribution in [0.2, 0.25) is 0 Å². The SMILES string of the molecule is CCNc1nnc(C(=O)NC2CNC(=O)C2)s1. The summed E-state index contributed by atoms with van der Waals surface area (Å²) in [5.41, 5.74) is 0. The first kappa shape index (κ1) is 11.8. The van der Waals surface area contributed by atoms with Gasteiger partial charge in [-0.2, -0.15) is 0 Å². The van der Waals surface area contributed by atoms with Crippen LogP contribution in [0.5, 0.6) is 0 Å². The van der Waals surface area contributed by atoms with Crippen molar-refractivity contribution in [1.82, 2.24) is 20.8 Å². The lowest BCUT2D eigenvalue weighted by Crippen LogP contribution is -2.36. The third kappa shape index (κ3) is 2.90. The highest BCUT2D eigenvalue weighted by Crippen LogP contribution is 2.15. The quantitative estimate of drug-likeness (QED) is 0.679. The molecule has 1 saturated heterocycles. The monoisotopic (exact) mass is 255 g/mol. The van der Waals surface area contributed by atoms with Gasteiger partial charge in [0.15, 0.2) is 0 Å². The molecule has 0 radical (unpaired) electrons. The van der Waals surface area contributed by atoms with E-state index in [0.29, 0.717) is 23.1 Å². The molecule has 0 saturated carbocycles. The van der Waals surface area contributed by atoms with Crippen molar-refractivity contribution in [1.29, 1.82) is 0 Å². The van der Waals surface area contributed by atoms with Crippen molar-refractivity contribution in [3.63, 3.8) is 0 Å². The number of amides is 2. The Balaban J connectivity index is 1.92. The van der Waals surface area contributed by atoms with Gasteiger partial charge in [-0.15, -0.1) is 10.2 Å². The van der Waals surface area contributed by atoms with Gasteiger partial charge in [-0.25, -0.2) is 0 Å². The van der Waals surface area contributed by atoms with Gasteiger partial charge >= 0.3 is 0 Å². The third-order valence-electron chi connectivity index (χ3n) is 2.26. The number of nitrogens with zero attached hydrogens (tertiary/aromatic N) is 2. The van der Waals surface area contributed by atoms with Crippen molar-refractivity contribution >= 4 is 28.3 Å². The number of rotatable bonds is 4. The van der Waals surface area contributed by atoms with E-state index in [4.69, 9.17) is 0 Å². The van der Waals surface area contributed by atoms with Crippen LogP contribution in [-0.4, -0.2) is 41.1 Å². The van der Waals surface area contributed by atoms with E-state index in [1.807, 2.05) is 6.92 Å². The standard InChI is InChI=1S/C9H13N5O2S/c1-2-10-9-14-13-8(17-9)7(16)12-5-3-6(15)11-4-5/h5H,2-4H2,1H3,(H,10,14)(H,11,15)(H,12,16). The molecule has 1 aliphatic rings. The highest BCUT2D eigenvalue weighted by Gasteiger charge is 2.24. The number of nitrogens with one attached hydrogen (secondary N) is 3. The van der Waals surface area contributed by atoms with Crippen LogP contribution in [0.15, 0.2) is 0 Å². The van der Waals surface area contributed by atoms with Crippen molar-refractivity contribution in [2.75, 3.05) is 18.4 Å². The second-order valence-electron chi connectivity index (χ2n) is 3.62. The summed E-state index contributed by atoms with van der Waals surface area (Å²) in [6.45, 7) is 3.15. The van der Waals surface area contributed by atoms with Crippen LogP contribution in [0.1, 0.15) is 23.1 Å². The molecule has 1 fully saturated rings. The maximum atomic E-state index is 11.8. The fraction of sp³-hybridized carbons (Fsp3) is 0.556. The topological polar surface area (TPSA) is 96.0 Å². The Morgan fingerprint density at radius 1 is 1.59 bits per heavy atom. The number of carbonyl (C=O) groups is 2. The fourth-order valence-corrected chi connectivity index (χ4v) is 2.21. The lowest BCUT2D eigenvalue weighted by molar-refractivity contribution is -0.119. The molecule has 3 N–H and O–H groups in total. The zero-order valence-electron chi connectivity index (χ0n) is 9.32. The van der Waals surface area contributed by atoms with E-state index in [2.05, 4.69) is 26.1 Å². The van der Waals surface area contributed by atoms with Crippen LogP contribution in [0.25, 0.3) is 0 Å². The minimum atomic E-state index is -0.284. The lowest BCUT2D eigenvalue weighted by Gasteiger charge is -2.07. The van der Waals surface area contributed by atoms with E-state index in [9.17, 15) is 9.59 Å². The maximum Gasteiger partial charge on any atom is 0.282 e. The van der Waals surface area contributed by atoms with Gasteiger partial charge in [-0.3, -0.25) is 9.59 Å². The number of anilines is 1. The Hall–Kier alpha value is -1.70. The van der Waals surface area contributed by atoms with Crippen molar-refractivity contribution in [3.05, 3.63) is 5.01 Å². The molecule has 2 rings (SSSR count). The molecule has 1 aromatic rings. The molecule has 92 valence electrons. The molecule has 1 aromatic heterocycles. The van der Waals surface area contributed by atoms with Crippen LogP contribution >= 0.6 is 11.3 Å². The third-order valence-corrected chi connectivity index (χ3v) is 3.14. The van der Waals surface area contributed by atoms with Gasteiger partial charge in [0.25, 0.3) is 5.91 Å². The molecule has 1 unspecified atom stereocenters. The van der Waals surface area contributed by atoms with Gasteiger partial charge in [-0.1, -0.05) is 11.3 Å². The molecule has 0 bridgehead atoms. The number of hydrogen-bond donors (Lipinski definition) is 3. The second-order valence-corrected chi connectivity index (χ2v) is 4.60. The van der Waals surface area contributed by atoms with Gasteiger partial charge in [0.05, 0.1) is 6.04 Å². The van der Waals surface area contributed by atoms with E-state index < -0.39 is 0 Å². The zero-order valence-corrected chi connectivity index (χ0v) is 10.1. The Morgan fingerprint density at radius 3 is 3.06 bits per heavy atom. The molecular weight excluding hydrogens is 242 g/mol. The van der Waals surface area contributed by atoms with Crippen LogP contribution < -0.4 is 16.0 Å². The predicted molar refractivity (Wildman–Crippen MR) is 63.0 cm³/mol. The van der Waals surface area contributed by atoms with E-state index in [0.717, 1.165) is 6.54 Å². The summed E-state index contributed by atoms with van der Waals surface area (Å²) >= 11 is 1.20. The Kier molecular flexibility index (Phi) is 3.52. The van der Waals surface area contributed by atoms with Crippen molar-refractivity contribution in [2.45, 2.75) is 19.4 Å². The summed E-state index contributed by atoms with van der Waals surface area (Å²) in [7, 11) is 0. The molecule has 1 atom stereocenters. The summed E-state index contributed by atoms with van der Waals surface area (Å²) in [4.78, 5) is 22.7. The zero-order chi connectivity index (χ0) is 12.3. The van der Waals surface area contributed by atoms with E-state index >= 15 is 0 Å². The molecule has 0 aromatic carbocycles. The lowest BCUT2D eigenvalue weighted by atomic mass is 10.2. The summed E-state index contributed by atoms with van der Waals surface area (Å²) in [6.07, 6.45) is 0.324. The Labute approximate surface area is 102 Å². The van der Waals surface area contributed by atoms with Gasteiger partial charge in [0, 0.05) is 19.5 Å². The molecule has 0 aliphatic carbocycles. The van der Waals surface area contributed by atoms with Crippen LogP contribution in [-0.2, 0) is 4.79 Å². The summed E-state index contributed by atoms with van der Waals surface area (Å²) in [5.74, 6) is -0.325. The number of carbonyl (C=O) groups excluding carboxylic acids is 2.